The number of aromatic hydroxyl groups is 1. The Bertz CT molecular complexity index is 1780. The number of carbonyl (C=O) groups is 2. The third-order valence-electron chi connectivity index (χ3n) is 6.57. The fraction of sp³-hybridized carbons (Fsp3) is 0.138. The lowest BCUT2D eigenvalue weighted by Crippen LogP contribution is -2.30. The molecule has 9 nitrogen and oxygen atoms in total. The SMILES string of the molecule is O=C(Nc1ccc(-c2cc(C3CC3)n(C(=O)NCc3ccc(Cl)c(Cl)c3)n2)c(O)c1)c1cnc2ccccc2n1. The van der Waals surface area contributed by atoms with Gasteiger partial charge in [-0.05, 0) is 60.9 Å². The predicted octanol–water partition coefficient (Wildman–Crippen LogP) is 6.39. The Morgan fingerprint density at radius 1 is 0.975 bits per heavy atom. The first-order valence-corrected chi connectivity index (χ1v) is 13.3. The minimum atomic E-state index is -0.454. The number of aromatic nitrogens is 4. The molecule has 40 heavy (non-hydrogen) atoms. The highest BCUT2D eigenvalue weighted by Gasteiger charge is 2.30. The minimum absolute atomic E-state index is 0.0920. The van der Waals surface area contributed by atoms with E-state index in [9.17, 15) is 14.7 Å². The normalized spacial score (nSPS) is 12.8. The Balaban J connectivity index is 1.19. The number of para-hydroxylation sites is 2. The molecule has 0 atom stereocenters. The van der Waals surface area contributed by atoms with E-state index >= 15 is 0 Å². The number of fused-ring (bicyclic) bond motifs is 1. The predicted molar refractivity (Wildman–Crippen MR) is 153 cm³/mol. The lowest BCUT2D eigenvalue weighted by atomic mass is 10.1. The Kier molecular flexibility index (Phi) is 6.83. The lowest BCUT2D eigenvalue weighted by molar-refractivity contribution is 0.102. The van der Waals surface area contributed by atoms with Gasteiger partial charge in [0.05, 0.1) is 38.7 Å². The second-order valence-electron chi connectivity index (χ2n) is 9.48. The number of amides is 2. The molecule has 0 aliphatic heterocycles. The number of hydrogen-bond donors (Lipinski definition) is 3. The van der Waals surface area contributed by atoms with Crippen LogP contribution in [0, 0.1) is 0 Å². The van der Waals surface area contributed by atoms with E-state index in [0.717, 1.165) is 24.1 Å². The quantitative estimate of drug-likeness (QED) is 0.216. The number of rotatable bonds is 6. The Morgan fingerprint density at radius 2 is 1.77 bits per heavy atom. The van der Waals surface area contributed by atoms with Gasteiger partial charge in [-0.25, -0.2) is 9.78 Å². The van der Waals surface area contributed by atoms with Gasteiger partial charge in [-0.3, -0.25) is 9.78 Å². The number of halogens is 2. The summed E-state index contributed by atoms with van der Waals surface area (Å²) in [4.78, 5) is 34.4. The van der Waals surface area contributed by atoms with Crippen LogP contribution in [0.25, 0.3) is 22.3 Å². The monoisotopic (exact) mass is 572 g/mol. The summed E-state index contributed by atoms with van der Waals surface area (Å²) in [6.45, 7) is 0.246. The summed E-state index contributed by atoms with van der Waals surface area (Å²) in [7, 11) is 0. The number of phenolic OH excluding ortho intramolecular Hbond substituents is 1. The van der Waals surface area contributed by atoms with Crippen LogP contribution in [-0.4, -0.2) is 36.8 Å². The van der Waals surface area contributed by atoms with Gasteiger partial charge in [-0.15, -0.1) is 0 Å². The second-order valence-corrected chi connectivity index (χ2v) is 10.3. The maximum absolute atomic E-state index is 13.1. The molecule has 0 bridgehead atoms. The van der Waals surface area contributed by atoms with Gasteiger partial charge in [-0.1, -0.05) is 41.4 Å². The number of benzene rings is 3. The molecular weight excluding hydrogens is 551 g/mol. The van der Waals surface area contributed by atoms with Crippen LogP contribution in [0.15, 0.2) is 72.9 Å². The van der Waals surface area contributed by atoms with E-state index in [4.69, 9.17) is 23.2 Å². The first-order chi connectivity index (χ1) is 19.4. The summed E-state index contributed by atoms with van der Waals surface area (Å²) in [6.07, 6.45) is 3.32. The van der Waals surface area contributed by atoms with Crippen molar-refractivity contribution in [2.75, 3.05) is 5.32 Å². The molecule has 0 unspecified atom stereocenters. The topological polar surface area (TPSA) is 122 Å². The molecule has 5 aromatic rings. The van der Waals surface area contributed by atoms with Crippen LogP contribution in [0.1, 0.15) is 40.5 Å². The lowest BCUT2D eigenvalue weighted by Gasteiger charge is -2.09. The van der Waals surface area contributed by atoms with Gasteiger partial charge in [0.25, 0.3) is 5.91 Å². The smallest absolute Gasteiger partial charge is 0.342 e. The average molecular weight is 573 g/mol. The van der Waals surface area contributed by atoms with Gasteiger partial charge >= 0.3 is 6.03 Å². The zero-order valence-electron chi connectivity index (χ0n) is 20.9. The Hall–Kier alpha value is -4.47. The number of phenols is 1. The van der Waals surface area contributed by atoms with Gasteiger partial charge < -0.3 is 15.7 Å². The highest BCUT2D eigenvalue weighted by atomic mass is 35.5. The summed E-state index contributed by atoms with van der Waals surface area (Å²) in [5.41, 5.74) is 4.28. The van der Waals surface area contributed by atoms with Crippen molar-refractivity contribution in [1.29, 1.82) is 0 Å². The molecule has 0 spiro atoms. The van der Waals surface area contributed by atoms with Gasteiger partial charge in [0.15, 0.2) is 0 Å². The van der Waals surface area contributed by atoms with Gasteiger partial charge in [-0.2, -0.15) is 9.78 Å². The van der Waals surface area contributed by atoms with Crippen LogP contribution >= 0.6 is 23.2 Å². The molecule has 0 radical (unpaired) electrons. The van der Waals surface area contributed by atoms with E-state index in [2.05, 4.69) is 25.7 Å². The van der Waals surface area contributed by atoms with Crippen molar-refractivity contribution in [3.8, 4) is 17.0 Å². The third-order valence-corrected chi connectivity index (χ3v) is 7.30. The molecule has 2 aromatic heterocycles. The van der Waals surface area contributed by atoms with Gasteiger partial charge in [0, 0.05) is 29.8 Å². The van der Waals surface area contributed by atoms with E-state index in [1.807, 2.05) is 24.3 Å². The van der Waals surface area contributed by atoms with Crippen LogP contribution in [0.2, 0.25) is 10.0 Å². The van der Waals surface area contributed by atoms with E-state index < -0.39 is 5.91 Å². The molecular formula is C29H22Cl2N6O3. The second kappa shape index (κ2) is 10.6. The molecule has 1 saturated carbocycles. The summed E-state index contributed by atoms with van der Waals surface area (Å²) < 4.78 is 1.35. The molecule has 1 fully saturated rings. The van der Waals surface area contributed by atoms with Crippen molar-refractivity contribution >= 4 is 51.9 Å². The maximum Gasteiger partial charge on any atom is 0.342 e. The summed E-state index contributed by atoms with van der Waals surface area (Å²) in [6, 6.07) is 18.6. The first kappa shape index (κ1) is 25.8. The van der Waals surface area contributed by atoms with E-state index in [-0.39, 0.29) is 29.9 Å². The molecule has 1 aliphatic carbocycles. The molecule has 6 rings (SSSR count). The minimum Gasteiger partial charge on any atom is -0.507 e. The first-order valence-electron chi connectivity index (χ1n) is 12.5. The number of nitrogens with one attached hydrogen (secondary N) is 2. The van der Waals surface area contributed by atoms with Crippen molar-refractivity contribution in [3.05, 3.63) is 99.9 Å². The Morgan fingerprint density at radius 3 is 2.52 bits per heavy atom. The number of carbonyl (C=O) groups excluding carboxylic acids is 2. The molecule has 3 N–H and O–H groups in total. The van der Waals surface area contributed by atoms with Crippen LogP contribution < -0.4 is 10.6 Å². The van der Waals surface area contributed by atoms with Crippen molar-refractivity contribution in [3.63, 3.8) is 0 Å². The molecule has 1 aliphatic rings. The van der Waals surface area contributed by atoms with Crippen molar-refractivity contribution in [1.82, 2.24) is 25.1 Å². The molecule has 200 valence electrons. The van der Waals surface area contributed by atoms with E-state index in [1.54, 1.807) is 36.4 Å². The highest BCUT2D eigenvalue weighted by Crippen LogP contribution is 2.42. The van der Waals surface area contributed by atoms with Crippen LogP contribution in [0.4, 0.5) is 10.5 Å². The molecule has 3 aromatic carbocycles. The number of anilines is 1. The number of nitrogens with zero attached hydrogens (tertiary/aromatic N) is 4. The summed E-state index contributed by atoms with van der Waals surface area (Å²) in [5, 5.41) is 21.8. The molecule has 2 amide bonds. The van der Waals surface area contributed by atoms with Crippen LogP contribution in [0.5, 0.6) is 5.75 Å². The zero-order chi connectivity index (χ0) is 27.8. The molecule has 0 saturated heterocycles. The summed E-state index contributed by atoms with van der Waals surface area (Å²) in [5.74, 6) is -0.323. The van der Waals surface area contributed by atoms with Crippen molar-refractivity contribution in [2.24, 2.45) is 0 Å². The van der Waals surface area contributed by atoms with Crippen molar-refractivity contribution in [2.45, 2.75) is 25.3 Å². The fourth-order valence-electron chi connectivity index (χ4n) is 4.35. The molecule has 11 heteroatoms. The Labute approximate surface area is 238 Å². The largest absolute Gasteiger partial charge is 0.507 e. The van der Waals surface area contributed by atoms with Crippen molar-refractivity contribution < 1.29 is 14.7 Å². The van der Waals surface area contributed by atoms with Crippen LogP contribution in [-0.2, 0) is 6.54 Å². The third kappa shape index (κ3) is 5.34. The maximum atomic E-state index is 13.1. The average Bonchev–Trinajstić information content (AvgIpc) is 3.71. The summed E-state index contributed by atoms with van der Waals surface area (Å²) >= 11 is 12.1. The molecule has 2 heterocycles. The van der Waals surface area contributed by atoms with E-state index in [0.29, 0.717) is 38.0 Å². The van der Waals surface area contributed by atoms with Crippen LogP contribution in [0.3, 0.4) is 0 Å². The zero-order valence-corrected chi connectivity index (χ0v) is 22.4. The number of hydrogen-bond acceptors (Lipinski definition) is 6. The fourth-order valence-corrected chi connectivity index (χ4v) is 4.67. The standard InChI is InChI=1S/C29H22Cl2N6O3/c30-20-10-5-16(11-21(20)31)14-33-29(40)37-26(17-6-7-17)13-24(36-37)19-9-8-18(12-27(19)38)34-28(39)25-15-32-22-3-1-2-4-23(22)35-25/h1-5,8-13,15,17,38H,6-7,14H2,(H,33,40)(H,34,39). The highest BCUT2D eigenvalue weighted by molar-refractivity contribution is 6.42. The van der Waals surface area contributed by atoms with Gasteiger partial charge in [0.1, 0.15) is 11.4 Å². The van der Waals surface area contributed by atoms with E-state index in [1.165, 1.54) is 16.9 Å². The van der Waals surface area contributed by atoms with Gasteiger partial charge in [0.2, 0.25) is 0 Å².